The summed E-state index contributed by atoms with van der Waals surface area (Å²) in [6.45, 7) is 0. The maximum Gasteiger partial charge on any atom is 0.182 e. The lowest BCUT2D eigenvalue weighted by Crippen LogP contribution is -2.46. The van der Waals surface area contributed by atoms with Gasteiger partial charge in [-0.25, -0.2) is 4.99 Å². The van der Waals surface area contributed by atoms with Crippen LogP contribution in [-0.4, -0.2) is 5.84 Å². The third-order valence-corrected chi connectivity index (χ3v) is 6.31. The van der Waals surface area contributed by atoms with Crippen molar-refractivity contribution >= 4 is 22.9 Å². The molecular weight excluding hydrogens is 316 g/mol. The average Bonchev–Trinajstić information content (AvgIpc) is 3.21. The van der Waals surface area contributed by atoms with Gasteiger partial charge < -0.3 is 0 Å². The fourth-order valence-corrected chi connectivity index (χ4v) is 5.29. The van der Waals surface area contributed by atoms with Crippen LogP contribution in [0.2, 0.25) is 0 Å². The van der Waals surface area contributed by atoms with E-state index in [4.69, 9.17) is 4.99 Å². The number of thiophene rings is 1. The molecule has 2 unspecified atom stereocenters. The molecule has 1 aromatic carbocycles. The molecule has 1 spiro atoms. The van der Waals surface area contributed by atoms with Crippen molar-refractivity contribution in [2.45, 2.75) is 37.0 Å². The summed E-state index contributed by atoms with van der Waals surface area (Å²) >= 11 is 1.57. The van der Waals surface area contributed by atoms with E-state index in [2.05, 4.69) is 29.7 Å². The maximum absolute atomic E-state index is 9.24. The smallest absolute Gasteiger partial charge is 0.182 e. The Morgan fingerprint density at radius 2 is 2.04 bits per heavy atom. The number of para-hydroxylation sites is 1. The van der Waals surface area contributed by atoms with Gasteiger partial charge in [-0.05, 0) is 36.6 Å². The minimum atomic E-state index is -0.276. The van der Waals surface area contributed by atoms with Gasteiger partial charge in [-0.3, -0.25) is 5.32 Å². The van der Waals surface area contributed by atoms with Crippen molar-refractivity contribution in [1.82, 2.24) is 5.32 Å². The molecule has 118 valence electrons. The number of amidine groups is 1. The van der Waals surface area contributed by atoms with Crippen molar-refractivity contribution in [1.29, 1.82) is 10.5 Å². The van der Waals surface area contributed by atoms with Gasteiger partial charge in [0.1, 0.15) is 16.8 Å². The van der Waals surface area contributed by atoms with Gasteiger partial charge >= 0.3 is 0 Å². The zero-order valence-corrected chi connectivity index (χ0v) is 13.9. The minimum absolute atomic E-state index is 0.251. The van der Waals surface area contributed by atoms with E-state index >= 15 is 0 Å². The number of aliphatic imine (C=N–C) groups is 1. The lowest BCUT2D eigenvalue weighted by atomic mass is 9.62. The molecule has 0 saturated heterocycles. The summed E-state index contributed by atoms with van der Waals surface area (Å²) in [7, 11) is 0. The first-order valence-electron chi connectivity index (χ1n) is 8.13. The predicted octanol–water partition coefficient (Wildman–Crippen LogP) is 4.33. The van der Waals surface area contributed by atoms with E-state index in [0.717, 1.165) is 42.1 Å². The molecule has 5 heteroatoms. The number of nitrogens with zero attached hydrogens (tertiary/aromatic N) is 3. The lowest BCUT2D eigenvalue weighted by Gasteiger charge is -2.42. The molecule has 0 amide bonds. The average molecular weight is 332 g/mol. The van der Waals surface area contributed by atoms with E-state index < -0.39 is 0 Å². The van der Waals surface area contributed by atoms with Gasteiger partial charge in [0, 0.05) is 10.8 Å². The van der Waals surface area contributed by atoms with Crippen molar-refractivity contribution in [2.24, 2.45) is 4.99 Å². The van der Waals surface area contributed by atoms with Crippen LogP contribution in [0.5, 0.6) is 0 Å². The molecule has 2 atom stereocenters. The van der Waals surface area contributed by atoms with Gasteiger partial charge in [0.2, 0.25) is 0 Å². The van der Waals surface area contributed by atoms with Crippen LogP contribution in [-0.2, 0) is 5.41 Å². The van der Waals surface area contributed by atoms with Crippen LogP contribution in [0.15, 0.2) is 41.4 Å². The number of hydrogen-bond acceptors (Lipinski definition) is 5. The normalized spacial score (nSPS) is 24.8. The Morgan fingerprint density at radius 3 is 2.83 bits per heavy atom. The van der Waals surface area contributed by atoms with Crippen molar-refractivity contribution in [2.75, 3.05) is 0 Å². The SMILES string of the molecule is N#CNC1=Nc2ccccc2C12CCCCC2c1ccc(C#N)s1. The largest absolute Gasteiger partial charge is 0.280 e. The van der Waals surface area contributed by atoms with Crippen LogP contribution in [0.4, 0.5) is 5.69 Å². The second-order valence-corrected chi connectivity index (χ2v) is 7.41. The molecular formula is C19H16N4S. The summed E-state index contributed by atoms with van der Waals surface area (Å²) in [4.78, 5) is 6.70. The van der Waals surface area contributed by atoms with E-state index in [1.807, 2.05) is 24.3 Å². The quantitative estimate of drug-likeness (QED) is 0.624. The first-order chi connectivity index (χ1) is 11.8. The molecule has 2 aliphatic rings. The highest BCUT2D eigenvalue weighted by molar-refractivity contribution is 7.12. The molecule has 2 aromatic rings. The Kier molecular flexibility index (Phi) is 3.59. The molecule has 1 aliphatic carbocycles. The summed E-state index contributed by atoms with van der Waals surface area (Å²) in [5, 5.41) is 21.3. The lowest BCUT2D eigenvalue weighted by molar-refractivity contribution is 0.331. The Hall–Kier alpha value is -2.63. The Balaban J connectivity index is 1.89. The van der Waals surface area contributed by atoms with E-state index in [1.54, 1.807) is 11.3 Å². The van der Waals surface area contributed by atoms with Gasteiger partial charge in [0.05, 0.1) is 11.1 Å². The molecule has 0 radical (unpaired) electrons. The van der Waals surface area contributed by atoms with Crippen LogP contribution in [0.3, 0.4) is 0 Å². The van der Waals surface area contributed by atoms with Crippen LogP contribution in [0, 0.1) is 22.8 Å². The third-order valence-electron chi connectivity index (χ3n) is 5.20. The predicted molar refractivity (Wildman–Crippen MR) is 94.2 cm³/mol. The van der Waals surface area contributed by atoms with Gasteiger partial charge in [-0.2, -0.15) is 10.5 Å². The highest BCUT2D eigenvalue weighted by Crippen LogP contribution is 2.56. The minimum Gasteiger partial charge on any atom is -0.280 e. The molecule has 4 rings (SSSR count). The number of benzene rings is 1. The molecule has 4 nitrogen and oxygen atoms in total. The summed E-state index contributed by atoms with van der Waals surface area (Å²) in [5.74, 6) is 1.02. The van der Waals surface area contributed by atoms with E-state index in [9.17, 15) is 10.5 Å². The van der Waals surface area contributed by atoms with Gasteiger partial charge in [0.25, 0.3) is 0 Å². The third kappa shape index (κ3) is 2.06. The standard InChI is InChI=1S/C19H16N4S/c20-11-13-8-9-17(24-13)15-6-3-4-10-19(15)14-5-1-2-7-16(14)23-18(19)22-12-21/h1-2,5,7-9,15H,3-4,6,10H2,(H,22,23). The van der Waals surface area contributed by atoms with E-state index in [-0.39, 0.29) is 11.3 Å². The van der Waals surface area contributed by atoms with Crippen molar-refractivity contribution < 1.29 is 0 Å². The highest BCUT2D eigenvalue weighted by Gasteiger charge is 2.51. The molecule has 1 aromatic heterocycles. The van der Waals surface area contributed by atoms with E-state index in [0.29, 0.717) is 0 Å². The van der Waals surface area contributed by atoms with Gasteiger partial charge in [-0.15, -0.1) is 11.3 Å². The monoisotopic (exact) mass is 332 g/mol. The van der Waals surface area contributed by atoms with Crippen molar-refractivity contribution in [3.8, 4) is 12.3 Å². The molecule has 24 heavy (non-hydrogen) atoms. The van der Waals surface area contributed by atoms with Crippen LogP contribution >= 0.6 is 11.3 Å². The second-order valence-electron chi connectivity index (χ2n) is 6.30. The molecule has 1 N–H and O–H groups in total. The molecule has 0 bridgehead atoms. The van der Waals surface area contributed by atoms with Gasteiger partial charge in [0.15, 0.2) is 6.19 Å². The fourth-order valence-electron chi connectivity index (χ4n) is 4.25. The van der Waals surface area contributed by atoms with Crippen LogP contribution < -0.4 is 5.32 Å². The summed E-state index contributed by atoms with van der Waals surface area (Å²) in [5.41, 5.74) is 1.89. The van der Waals surface area contributed by atoms with Crippen molar-refractivity contribution in [3.05, 3.63) is 51.7 Å². The highest BCUT2D eigenvalue weighted by atomic mass is 32.1. The second kappa shape index (κ2) is 5.78. The first-order valence-corrected chi connectivity index (χ1v) is 8.95. The topological polar surface area (TPSA) is 72.0 Å². The van der Waals surface area contributed by atoms with Crippen molar-refractivity contribution in [3.63, 3.8) is 0 Å². The number of nitrogens with one attached hydrogen (secondary N) is 1. The molecule has 1 fully saturated rings. The van der Waals surface area contributed by atoms with Gasteiger partial charge in [-0.1, -0.05) is 31.0 Å². The maximum atomic E-state index is 9.24. The van der Waals surface area contributed by atoms with E-state index in [1.165, 1.54) is 10.4 Å². The zero-order valence-electron chi connectivity index (χ0n) is 13.1. The fraction of sp³-hybridized carbons (Fsp3) is 0.316. The summed E-state index contributed by atoms with van der Waals surface area (Å²) in [6.07, 6.45) is 6.38. The molecule has 1 saturated carbocycles. The summed E-state index contributed by atoms with van der Waals surface area (Å²) in [6, 6.07) is 14.4. The number of fused-ring (bicyclic) bond motifs is 2. The van der Waals surface area contributed by atoms with Crippen LogP contribution in [0.25, 0.3) is 0 Å². The number of rotatable bonds is 1. The molecule has 1 aliphatic heterocycles. The first kappa shape index (κ1) is 14.9. The Labute approximate surface area is 145 Å². The number of hydrogen-bond donors (Lipinski definition) is 1. The van der Waals surface area contributed by atoms with Crippen LogP contribution in [0.1, 0.15) is 46.9 Å². The molecule has 2 heterocycles. The number of nitriles is 2. The Bertz CT molecular complexity index is 899. The zero-order chi connectivity index (χ0) is 16.6. The Morgan fingerprint density at radius 1 is 1.17 bits per heavy atom. The summed E-state index contributed by atoms with van der Waals surface area (Å²) < 4.78 is 0.